The van der Waals surface area contributed by atoms with Gasteiger partial charge in [-0.05, 0) is 6.92 Å². The Morgan fingerprint density at radius 3 is 2.73 bits per heavy atom. The van der Waals surface area contributed by atoms with Gasteiger partial charge < -0.3 is 15.4 Å². The number of carbonyl (C=O) groups excluding carboxylic acids is 1. The smallest absolute Gasteiger partial charge is 0.234 e. The van der Waals surface area contributed by atoms with Gasteiger partial charge in [0.1, 0.15) is 0 Å². The van der Waals surface area contributed by atoms with Crippen LogP contribution in [0.3, 0.4) is 0 Å². The van der Waals surface area contributed by atoms with Gasteiger partial charge in [-0.2, -0.15) is 0 Å². The van der Waals surface area contributed by atoms with E-state index in [0.29, 0.717) is 18.9 Å². The number of methoxy groups -OCH3 is 1. The molecule has 0 saturated heterocycles. The number of amides is 1. The monoisotopic (exact) mass is 236 g/mol. The Kier molecular flexibility index (Phi) is 8.55. The Labute approximate surface area is 93.4 Å². The van der Waals surface area contributed by atoms with Crippen LogP contribution < -0.4 is 10.6 Å². The van der Waals surface area contributed by atoms with E-state index < -0.39 is 10.8 Å². The first kappa shape index (κ1) is 14.5. The molecule has 0 aromatic heterocycles. The molecule has 1 amide bonds. The maximum Gasteiger partial charge on any atom is 0.234 e. The molecule has 0 radical (unpaired) electrons. The third-order valence-corrected chi connectivity index (χ3v) is 2.69. The highest BCUT2D eigenvalue weighted by Crippen LogP contribution is 1.84. The molecule has 0 spiro atoms. The lowest BCUT2D eigenvalue weighted by Crippen LogP contribution is -2.40. The van der Waals surface area contributed by atoms with E-state index in [9.17, 15) is 9.00 Å². The van der Waals surface area contributed by atoms with Crippen LogP contribution in [0.5, 0.6) is 0 Å². The third-order valence-electron chi connectivity index (χ3n) is 1.72. The molecule has 0 aliphatic rings. The van der Waals surface area contributed by atoms with E-state index in [1.165, 1.54) is 0 Å². The second-order valence-corrected chi connectivity index (χ2v) is 4.84. The molecule has 0 fully saturated rings. The van der Waals surface area contributed by atoms with E-state index >= 15 is 0 Å². The lowest BCUT2D eigenvalue weighted by molar-refractivity contribution is -0.120. The summed E-state index contributed by atoms with van der Waals surface area (Å²) in [6, 6.07) is 0.0870. The topological polar surface area (TPSA) is 67.4 Å². The zero-order valence-corrected chi connectivity index (χ0v) is 10.4. The second-order valence-electron chi connectivity index (χ2n) is 3.36. The fourth-order valence-electron chi connectivity index (χ4n) is 1.03. The van der Waals surface area contributed by atoms with Crippen molar-refractivity contribution in [2.24, 2.45) is 0 Å². The van der Waals surface area contributed by atoms with Gasteiger partial charge in [0.15, 0.2) is 0 Å². The average Bonchev–Trinajstić information content (AvgIpc) is 2.14. The molecule has 2 atom stereocenters. The predicted octanol–water partition coefficient (Wildman–Crippen LogP) is -0.894. The minimum Gasteiger partial charge on any atom is -0.383 e. The van der Waals surface area contributed by atoms with Gasteiger partial charge in [-0.25, -0.2) is 0 Å². The Hall–Kier alpha value is -0.460. The van der Waals surface area contributed by atoms with Crippen molar-refractivity contribution in [3.63, 3.8) is 0 Å². The summed E-state index contributed by atoms with van der Waals surface area (Å²) in [4.78, 5) is 11.2. The van der Waals surface area contributed by atoms with Crippen LogP contribution in [0.2, 0.25) is 0 Å². The van der Waals surface area contributed by atoms with Gasteiger partial charge in [0.25, 0.3) is 0 Å². The molecular formula is C9H20N2O3S. The molecule has 6 heteroatoms. The van der Waals surface area contributed by atoms with E-state index in [0.717, 1.165) is 0 Å². The van der Waals surface area contributed by atoms with Crippen LogP contribution in [0.4, 0.5) is 0 Å². The predicted molar refractivity (Wildman–Crippen MR) is 61.3 cm³/mol. The van der Waals surface area contributed by atoms with E-state index in [1.807, 2.05) is 6.92 Å². The number of ether oxygens (including phenoxy) is 1. The zero-order chi connectivity index (χ0) is 11.7. The standard InChI is InChI=1S/C9H20N2O3S/c1-8(7-15(3)13)11-6-9(12)10-4-5-14-2/h8,11H,4-7H2,1-3H3,(H,10,12). The maximum absolute atomic E-state index is 11.2. The van der Waals surface area contributed by atoms with Crippen molar-refractivity contribution in [3.05, 3.63) is 0 Å². The van der Waals surface area contributed by atoms with Crippen LogP contribution in [-0.2, 0) is 20.3 Å². The molecule has 0 bridgehead atoms. The SMILES string of the molecule is COCCNC(=O)CNC(C)CS(C)=O. The molecule has 2 unspecified atom stereocenters. The molecule has 0 saturated carbocycles. The van der Waals surface area contributed by atoms with Crippen molar-refractivity contribution in [2.45, 2.75) is 13.0 Å². The highest BCUT2D eigenvalue weighted by Gasteiger charge is 2.06. The summed E-state index contributed by atoms with van der Waals surface area (Å²) in [5.74, 6) is 0.492. The minimum atomic E-state index is -0.831. The molecule has 0 heterocycles. The van der Waals surface area contributed by atoms with Gasteiger partial charge >= 0.3 is 0 Å². The lowest BCUT2D eigenvalue weighted by Gasteiger charge is -2.11. The van der Waals surface area contributed by atoms with E-state index in [-0.39, 0.29) is 18.5 Å². The molecule has 0 aliphatic heterocycles. The van der Waals surface area contributed by atoms with E-state index in [2.05, 4.69) is 10.6 Å². The Bertz CT molecular complexity index is 212. The average molecular weight is 236 g/mol. The van der Waals surface area contributed by atoms with E-state index in [4.69, 9.17) is 4.74 Å². The highest BCUT2D eigenvalue weighted by molar-refractivity contribution is 7.84. The molecule has 15 heavy (non-hydrogen) atoms. The fraction of sp³-hybridized carbons (Fsp3) is 0.889. The molecule has 0 aromatic carbocycles. The number of nitrogens with one attached hydrogen (secondary N) is 2. The van der Waals surface area contributed by atoms with E-state index in [1.54, 1.807) is 13.4 Å². The molecule has 0 rings (SSSR count). The fourth-order valence-corrected chi connectivity index (χ4v) is 1.85. The van der Waals surface area contributed by atoms with Crippen LogP contribution in [0, 0.1) is 0 Å². The summed E-state index contributed by atoms with van der Waals surface area (Å²) in [5, 5.41) is 5.68. The minimum absolute atomic E-state index is 0.0687. The molecule has 5 nitrogen and oxygen atoms in total. The number of hydrogen-bond donors (Lipinski definition) is 2. The number of hydrogen-bond acceptors (Lipinski definition) is 4. The first-order valence-corrected chi connectivity index (χ1v) is 6.58. The Balaban J connectivity index is 3.48. The summed E-state index contributed by atoms with van der Waals surface area (Å²) >= 11 is 0. The van der Waals surface area contributed by atoms with Crippen molar-refractivity contribution in [1.82, 2.24) is 10.6 Å². The molecule has 90 valence electrons. The van der Waals surface area contributed by atoms with Gasteiger partial charge in [0.05, 0.1) is 13.2 Å². The molecule has 0 aromatic rings. The van der Waals surface area contributed by atoms with Crippen LogP contribution in [0.15, 0.2) is 0 Å². The van der Waals surface area contributed by atoms with Crippen LogP contribution in [0.1, 0.15) is 6.92 Å². The Morgan fingerprint density at radius 1 is 1.53 bits per heavy atom. The van der Waals surface area contributed by atoms with Crippen molar-refractivity contribution < 1.29 is 13.7 Å². The van der Waals surface area contributed by atoms with Crippen molar-refractivity contribution in [3.8, 4) is 0 Å². The maximum atomic E-state index is 11.2. The quantitative estimate of drug-likeness (QED) is 0.536. The van der Waals surface area contributed by atoms with Gasteiger partial charge in [-0.15, -0.1) is 0 Å². The highest BCUT2D eigenvalue weighted by atomic mass is 32.2. The van der Waals surface area contributed by atoms with Gasteiger partial charge in [-0.3, -0.25) is 9.00 Å². The van der Waals surface area contributed by atoms with Crippen LogP contribution >= 0.6 is 0 Å². The zero-order valence-electron chi connectivity index (χ0n) is 9.54. The van der Waals surface area contributed by atoms with Gasteiger partial charge in [0, 0.05) is 42.5 Å². The normalized spacial score (nSPS) is 14.6. The van der Waals surface area contributed by atoms with Crippen molar-refractivity contribution >= 4 is 16.7 Å². The first-order valence-electron chi connectivity index (χ1n) is 4.85. The summed E-state index contributed by atoms with van der Waals surface area (Å²) in [5.41, 5.74) is 0. The molecule has 0 aliphatic carbocycles. The summed E-state index contributed by atoms with van der Waals surface area (Å²) in [6.45, 7) is 3.19. The van der Waals surface area contributed by atoms with Crippen LogP contribution in [-0.4, -0.2) is 55.0 Å². The number of rotatable bonds is 8. The largest absolute Gasteiger partial charge is 0.383 e. The summed E-state index contributed by atoms with van der Waals surface area (Å²) in [6.07, 6.45) is 1.65. The lowest BCUT2D eigenvalue weighted by atomic mass is 10.4. The van der Waals surface area contributed by atoms with Crippen molar-refractivity contribution in [1.29, 1.82) is 0 Å². The number of carbonyl (C=O) groups is 1. The van der Waals surface area contributed by atoms with Crippen LogP contribution in [0.25, 0.3) is 0 Å². The van der Waals surface area contributed by atoms with Gasteiger partial charge in [-0.1, -0.05) is 0 Å². The Morgan fingerprint density at radius 2 is 2.20 bits per heavy atom. The second kappa shape index (κ2) is 8.82. The third kappa shape index (κ3) is 9.84. The van der Waals surface area contributed by atoms with Gasteiger partial charge in [0.2, 0.25) is 5.91 Å². The summed E-state index contributed by atoms with van der Waals surface area (Å²) in [7, 11) is 0.755. The first-order chi connectivity index (χ1) is 7.06. The molecule has 2 N–H and O–H groups in total. The molecular weight excluding hydrogens is 216 g/mol. The van der Waals surface area contributed by atoms with Crippen molar-refractivity contribution in [2.75, 3.05) is 38.8 Å². The summed E-state index contributed by atoms with van der Waals surface area (Å²) < 4.78 is 15.7.